The molecule has 0 radical (unpaired) electrons. The number of ether oxygens (including phenoxy) is 1. The van der Waals surface area contributed by atoms with Gasteiger partial charge < -0.3 is 25.2 Å². The summed E-state index contributed by atoms with van der Waals surface area (Å²) in [5, 5.41) is 6.57. The summed E-state index contributed by atoms with van der Waals surface area (Å²) in [7, 11) is -3.94. The molecule has 0 saturated carbocycles. The number of nitrogens with one attached hydrogen (secondary N) is 2. The fourth-order valence-electron chi connectivity index (χ4n) is 5.11. The number of thiophene rings is 1. The summed E-state index contributed by atoms with van der Waals surface area (Å²) in [6.45, 7) is 5.03. The topological polar surface area (TPSA) is 117 Å². The molecule has 0 unspecified atom stereocenters. The molecule has 224 valence electrons. The third kappa shape index (κ3) is 5.55. The van der Waals surface area contributed by atoms with Crippen LogP contribution in [0.5, 0.6) is 0 Å². The zero-order chi connectivity index (χ0) is 29.8. The SMILES string of the molecule is C[C@@H]1CN(c2ccc(Nc3ncc(C(F)(F)F)c(-c4cc5c(s4)C(=O)N(C4COC4)CCS5(=O)=O)n3)c(Cl)c2)CCN1. The number of aromatic nitrogens is 2. The third-order valence-corrected chi connectivity index (χ3v) is 10.7. The molecule has 2 fully saturated rings. The molecule has 16 heteroatoms. The van der Waals surface area contributed by atoms with Crippen molar-refractivity contribution in [1.29, 1.82) is 0 Å². The molecule has 2 aromatic heterocycles. The van der Waals surface area contributed by atoms with Gasteiger partial charge >= 0.3 is 6.18 Å². The van der Waals surface area contributed by atoms with Crippen LogP contribution in [0.15, 0.2) is 35.4 Å². The molecule has 2 N–H and O–H groups in total. The zero-order valence-electron chi connectivity index (χ0n) is 22.2. The van der Waals surface area contributed by atoms with E-state index in [1.54, 1.807) is 12.1 Å². The van der Waals surface area contributed by atoms with Gasteiger partial charge in [-0.15, -0.1) is 11.3 Å². The van der Waals surface area contributed by atoms with Gasteiger partial charge in [-0.05, 0) is 31.2 Å². The summed E-state index contributed by atoms with van der Waals surface area (Å²) in [5.74, 6) is -1.07. The number of amides is 1. The number of hydrogen-bond acceptors (Lipinski definition) is 10. The molecule has 3 aliphatic heterocycles. The van der Waals surface area contributed by atoms with Gasteiger partial charge in [0.1, 0.15) is 10.4 Å². The predicted molar refractivity (Wildman–Crippen MR) is 152 cm³/mol. The number of anilines is 3. The first-order chi connectivity index (χ1) is 19.9. The molecule has 0 aliphatic carbocycles. The maximum absolute atomic E-state index is 14.1. The van der Waals surface area contributed by atoms with Crippen molar-refractivity contribution in [2.45, 2.75) is 30.1 Å². The predicted octanol–water partition coefficient (Wildman–Crippen LogP) is 4.05. The normalized spacial score (nSPS) is 21.1. The van der Waals surface area contributed by atoms with E-state index in [4.69, 9.17) is 16.3 Å². The van der Waals surface area contributed by atoms with Gasteiger partial charge in [-0.3, -0.25) is 4.79 Å². The van der Waals surface area contributed by atoms with E-state index in [9.17, 15) is 26.4 Å². The van der Waals surface area contributed by atoms with E-state index in [1.807, 2.05) is 6.07 Å². The maximum atomic E-state index is 14.1. The molecule has 0 bridgehead atoms. The number of sulfone groups is 1. The Morgan fingerprint density at radius 2 is 2.00 bits per heavy atom. The van der Waals surface area contributed by atoms with Crippen molar-refractivity contribution in [3.63, 3.8) is 0 Å². The smallest absolute Gasteiger partial charge is 0.377 e. The third-order valence-electron chi connectivity index (χ3n) is 7.41. The first-order valence-corrected chi connectivity index (χ1v) is 16.0. The number of rotatable bonds is 5. The second kappa shape index (κ2) is 10.9. The molecule has 6 rings (SSSR count). The Labute approximate surface area is 248 Å². The first kappa shape index (κ1) is 29.1. The molecule has 2 saturated heterocycles. The summed E-state index contributed by atoms with van der Waals surface area (Å²) in [5.41, 5.74) is -0.413. The number of benzene rings is 1. The molecule has 10 nitrogen and oxygen atoms in total. The van der Waals surface area contributed by atoms with Crippen LogP contribution in [-0.4, -0.2) is 86.4 Å². The highest BCUT2D eigenvalue weighted by Crippen LogP contribution is 2.42. The Bertz CT molecular complexity index is 1650. The van der Waals surface area contributed by atoms with E-state index in [0.717, 1.165) is 31.4 Å². The summed E-state index contributed by atoms with van der Waals surface area (Å²) in [6.07, 6.45) is -4.21. The molecule has 42 heavy (non-hydrogen) atoms. The van der Waals surface area contributed by atoms with Crippen molar-refractivity contribution >= 4 is 56.0 Å². The lowest BCUT2D eigenvalue weighted by atomic mass is 10.2. The zero-order valence-corrected chi connectivity index (χ0v) is 24.6. The fraction of sp³-hybridized carbons (Fsp3) is 0.423. The number of piperazine rings is 1. The van der Waals surface area contributed by atoms with E-state index >= 15 is 0 Å². The highest BCUT2D eigenvalue weighted by molar-refractivity contribution is 7.91. The second-order valence-electron chi connectivity index (χ2n) is 10.4. The lowest BCUT2D eigenvalue weighted by Crippen LogP contribution is -2.52. The number of halogens is 4. The number of carbonyl (C=O) groups is 1. The Morgan fingerprint density at radius 1 is 1.21 bits per heavy atom. The number of carbonyl (C=O) groups excluding carboxylic acids is 1. The van der Waals surface area contributed by atoms with Gasteiger partial charge in [-0.1, -0.05) is 11.6 Å². The number of fused-ring (bicyclic) bond motifs is 1. The van der Waals surface area contributed by atoms with Crippen LogP contribution in [0.3, 0.4) is 0 Å². The minimum atomic E-state index is -4.84. The molecule has 1 amide bonds. The molecular weight excluding hydrogens is 617 g/mol. The van der Waals surface area contributed by atoms with Crippen molar-refractivity contribution in [3.8, 4) is 10.6 Å². The van der Waals surface area contributed by atoms with Crippen molar-refractivity contribution < 1.29 is 31.1 Å². The maximum Gasteiger partial charge on any atom is 0.420 e. The van der Waals surface area contributed by atoms with E-state index in [0.29, 0.717) is 34.3 Å². The van der Waals surface area contributed by atoms with Crippen molar-refractivity contribution in [2.75, 3.05) is 55.4 Å². The monoisotopic (exact) mass is 642 g/mol. The van der Waals surface area contributed by atoms with Gasteiger partial charge in [0, 0.05) is 44.1 Å². The van der Waals surface area contributed by atoms with Crippen LogP contribution < -0.4 is 15.5 Å². The van der Waals surface area contributed by atoms with Crippen LogP contribution in [0.2, 0.25) is 5.02 Å². The van der Waals surface area contributed by atoms with Gasteiger partial charge in [0.05, 0.1) is 51.2 Å². The van der Waals surface area contributed by atoms with Crippen LogP contribution >= 0.6 is 22.9 Å². The number of alkyl halides is 3. The van der Waals surface area contributed by atoms with Crippen molar-refractivity contribution in [1.82, 2.24) is 20.2 Å². The highest BCUT2D eigenvalue weighted by Gasteiger charge is 2.41. The summed E-state index contributed by atoms with van der Waals surface area (Å²) in [6, 6.07) is 6.44. The Balaban J connectivity index is 1.35. The summed E-state index contributed by atoms with van der Waals surface area (Å²) < 4.78 is 73.5. The number of hydrogen-bond donors (Lipinski definition) is 2. The molecule has 5 heterocycles. The van der Waals surface area contributed by atoms with Crippen LogP contribution in [0.1, 0.15) is 22.2 Å². The first-order valence-electron chi connectivity index (χ1n) is 13.2. The van der Waals surface area contributed by atoms with E-state index in [-0.39, 0.29) is 52.2 Å². The molecule has 1 aromatic carbocycles. The van der Waals surface area contributed by atoms with Crippen molar-refractivity contribution in [2.24, 2.45) is 0 Å². The standard InChI is InChI=1S/C26H26ClF3N6O4S2/c1-14-11-35(5-4-31-14)15-2-3-19(18(27)8-15)33-25-32-10-17(26(28,29)30)22(34-25)20-9-21-23(41-20)24(37)36(16-12-40-13-16)6-7-42(21,38)39/h2-3,8-10,14,16,31H,4-7,11-13H2,1H3,(H,32,33,34)/t14-/m1/s1. The van der Waals surface area contributed by atoms with Crippen LogP contribution in [0.25, 0.3) is 10.6 Å². The van der Waals surface area contributed by atoms with Gasteiger partial charge in [0.2, 0.25) is 5.95 Å². The minimum absolute atomic E-state index is 0.0193. The fourth-order valence-corrected chi connectivity index (χ4v) is 8.25. The Hall–Kier alpha value is -2.98. The minimum Gasteiger partial charge on any atom is -0.377 e. The number of nitrogens with zero attached hydrogens (tertiary/aromatic N) is 4. The molecule has 3 aliphatic rings. The van der Waals surface area contributed by atoms with Crippen LogP contribution in [0, 0.1) is 0 Å². The highest BCUT2D eigenvalue weighted by atomic mass is 35.5. The molecule has 3 aromatic rings. The molecular formula is C26H26ClF3N6O4S2. The summed E-state index contributed by atoms with van der Waals surface area (Å²) in [4.78, 5) is 24.4. The molecule has 0 spiro atoms. The van der Waals surface area contributed by atoms with Crippen LogP contribution in [-0.2, 0) is 20.8 Å². The van der Waals surface area contributed by atoms with Gasteiger partial charge in [-0.2, -0.15) is 13.2 Å². The lowest BCUT2D eigenvalue weighted by molar-refractivity contribution is -0.137. The van der Waals surface area contributed by atoms with Gasteiger partial charge in [0.15, 0.2) is 9.84 Å². The van der Waals surface area contributed by atoms with E-state index < -0.39 is 33.2 Å². The largest absolute Gasteiger partial charge is 0.420 e. The van der Waals surface area contributed by atoms with Gasteiger partial charge in [0.25, 0.3) is 5.91 Å². The average Bonchev–Trinajstić information content (AvgIpc) is 3.34. The Morgan fingerprint density at radius 3 is 2.67 bits per heavy atom. The second-order valence-corrected chi connectivity index (χ2v) is 13.9. The Kier molecular flexibility index (Phi) is 7.58. The van der Waals surface area contributed by atoms with Gasteiger partial charge in [-0.25, -0.2) is 18.4 Å². The lowest BCUT2D eigenvalue weighted by Gasteiger charge is -2.36. The molecule has 1 atom stereocenters. The average molecular weight is 643 g/mol. The summed E-state index contributed by atoms with van der Waals surface area (Å²) >= 11 is 7.20. The van der Waals surface area contributed by atoms with Crippen molar-refractivity contribution in [3.05, 3.63) is 45.9 Å². The van der Waals surface area contributed by atoms with Crippen LogP contribution in [0.4, 0.5) is 30.5 Å². The van der Waals surface area contributed by atoms with E-state index in [2.05, 4.69) is 32.4 Å². The van der Waals surface area contributed by atoms with E-state index in [1.165, 1.54) is 4.90 Å². The quantitative estimate of drug-likeness (QED) is 0.425.